The minimum absolute atomic E-state index is 0.288. The second-order valence-corrected chi connectivity index (χ2v) is 4.71. The van der Waals surface area contributed by atoms with Gasteiger partial charge in [-0.25, -0.2) is 0 Å². The molecule has 0 saturated heterocycles. The Labute approximate surface area is 118 Å². The highest BCUT2D eigenvalue weighted by molar-refractivity contribution is 5.92. The van der Waals surface area contributed by atoms with Crippen LogP contribution in [0.1, 0.15) is 5.56 Å². The maximum Gasteiger partial charge on any atom is 0.127 e. The van der Waals surface area contributed by atoms with Crippen molar-refractivity contribution >= 4 is 10.8 Å². The molecule has 0 heterocycles. The number of fused-ring (bicyclic) bond motifs is 1. The summed E-state index contributed by atoms with van der Waals surface area (Å²) in [7, 11) is 0. The predicted octanol–water partition coefficient (Wildman–Crippen LogP) is 4.17. The van der Waals surface area contributed by atoms with Gasteiger partial charge in [-0.15, -0.1) is 0 Å². The van der Waals surface area contributed by atoms with Crippen LogP contribution in [0.15, 0.2) is 66.7 Å². The molecule has 3 aromatic carbocycles. The molecule has 2 nitrogen and oxygen atoms in total. The smallest absolute Gasteiger partial charge is 0.127 e. The molecule has 0 aliphatic heterocycles. The van der Waals surface area contributed by atoms with E-state index in [0.29, 0.717) is 6.61 Å². The van der Waals surface area contributed by atoms with Gasteiger partial charge in [-0.3, -0.25) is 0 Å². The molecule has 3 aromatic rings. The van der Waals surface area contributed by atoms with Crippen molar-refractivity contribution in [3.63, 3.8) is 0 Å². The number of rotatable bonds is 4. The van der Waals surface area contributed by atoms with Crippen LogP contribution in [-0.4, -0.2) is 11.7 Å². The lowest BCUT2D eigenvalue weighted by molar-refractivity contribution is 0.325. The number of phenolic OH excluding ortho intramolecular Hbond substituents is 1. The first-order chi connectivity index (χ1) is 9.84. The van der Waals surface area contributed by atoms with Gasteiger partial charge in [0.1, 0.15) is 11.5 Å². The Morgan fingerprint density at radius 3 is 2.25 bits per heavy atom. The van der Waals surface area contributed by atoms with Crippen LogP contribution >= 0.6 is 0 Å². The fourth-order valence-electron chi connectivity index (χ4n) is 2.30. The van der Waals surface area contributed by atoms with Crippen LogP contribution < -0.4 is 4.74 Å². The zero-order chi connectivity index (χ0) is 13.8. The number of aromatic hydroxyl groups is 1. The molecular weight excluding hydrogens is 248 g/mol. The number of ether oxygens (including phenoxy) is 1. The number of hydrogen-bond acceptors (Lipinski definition) is 2. The number of benzene rings is 3. The Morgan fingerprint density at radius 1 is 0.750 bits per heavy atom. The van der Waals surface area contributed by atoms with Crippen molar-refractivity contribution in [2.24, 2.45) is 0 Å². The maximum atomic E-state index is 9.84. The minimum atomic E-state index is 0.288. The fraction of sp³-hybridized carbons (Fsp3) is 0.111. The Balaban J connectivity index is 1.77. The van der Waals surface area contributed by atoms with Gasteiger partial charge in [0.2, 0.25) is 0 Å². The third-order valence-electron chi connectivity index (χ3n) is 3.35. The molecule has 0 unspecified atom stereocenters. The van der Waals surface area contributed by atoms with Gasteiger partial charge in [0.15, 0.2) is 0 Å². The zero-order valence-electron chi connectivity index (χ0n) is 11.1. The minimum Gasteiger partial charge on any atom is -0.507 e. The highest BCUT2D eigenvalue weighted by atomic mass is 16.5. The Hall–Kier alpha value is -2.48. The second-order valence-electron chi connectivity index (χ2n) is 4.71. The van der Waals surface area contributed by atoms with E-state index < -0.39 is 0 Å². The van der Waals surface area contributed by atoms with E-state index in [1.807, 2.05) is 48.5 Å². The van der Waals surface area contributed by atoms with Crippen molar-refractivity contribution in [2.45, 2.75) is 6.42 Å². The molecule has 0 aromatic heterocycles. The summed E-state index contributed by atoms with van der Waals surface area (Å²) in [5.74, 6) is 1.10. The molecule has 0 spiro atoms. The van der Waals surface area contributed by atoms with E-state index in [2.05, 4.69) is 12.1 Å². The molecule has 0 saturated carbocycles. The van der Waals surface area contributed by atoms with Gasteiger partial charge in [0, 0.05) is 17.2 Å². The van der Waals surface area contributed by atoms with Crippen LogP contribution in [0.5, 0.6) is 11.5 Å². The summed E-state index contributed by atoms with van der Waals surface area (Å²) in [6.07, 6.45) is 0.871. The highest BCUT2D eigenvalue weighted by Crippen LogP contribution is 2.32. The molecule has 0 amide bonds. The van der Waals surface area contributed by atoms with Gasteiger partial charge in [0.05, 0.1) is 6.61 Å². The molecule has 20 heavy (non-hydrogen) atoms. The Bertz CT molecular complexity index is 705. The van der Waals surface area contributed by atoms with Gasteiger partial charge in [-0.2, -0.15) is 0 Å². The van der Waals surface area contributed by atoms with Gasteiger partial charge < -0.3 is 9.84 Å². The monoisotopic (exact) mass is 264 g/mol. The van der Waals surface area contributed by atoms with E-state index in [-0.39, 0.29) is 5.75 Å². The summed E-state index contributed by atoms with van der Waals surface area (Å²) in [4.78, 5) is 0. The number of hydrogen-bond donors (Lipinski definition) is 1. The SMILES string of the molecule is Oc1ccc(OCCc2ccccc2)c2ccccc12. The van der Waals surface area contributed by atoms with Crippen LogP contribution in [0.3, 0.4) is 0 Å². The van der Waals surface area contributed by atoms with Crippen molar-refractivity contribution in [2.75, 3.05) is 6.61 Å². The lowest BCUT2D eigenvalue weighted by Gasteiger charge is -2.10. The van der Waals surface area contributed by atoms with Crippen molar-refractivity contribution in [1.29, 1.82) is 0 Å². The Morgan fingerprint density at radius 2 is 1.45 bits per heavy atom. The van der Waals surface area contributed by atoms with Crippen LogP contribution in [0.25, 0.3) is 10.8 Å². The summed E-state index contributed by atoms with van der Waals surface area (Å²) in [6, 6.07) is 21.5. The molecule has 0 fully saturated rings. The van der Waals surface area contributed by atoms with Crippen LogP contribution in [0.2, 0.25) is 0 Å². The van der Waals surface area contributed by atoms with Crippen LogP contribution in [-0.2, 0) is 6.42 Å². The van der Waals surface area contributed by atoms with Gasteiger partial charge in [-0.1, -0.05) is 54.6 Å². The second kappa shape index (κ2) is 5.66. The molecule has 100 valence electrons. The van der Waals surface area contributed by atoms with Gasteiger partial charge in [0.25, 0.3) is 0 Å². The average Bonchev–Trinajstić information content (AvgIpc) is 2.51. The maximum absolute atomic E-state index is 9.84. The summed E-state index contributed by atoms with van der Waals surface area (Å²) < 4.78 is 5.87. The van der Waals surface area contributed by atoms with Gasteiger partial charge in [-0.05, 0) is 17.7 Å². The van der Waals surface area contributed by atoms with Crippen molar-refractivity contribution in [3.05, 3.63) is 72.3 Å². The third-order valence-corrected chi connectivity index (χ3v) is 3.35. The molecule has 0 aliphatic carbocycles. The summed E-state index contributed by atoms with van der Waals surface area (Å²) in [5, 5.41) is 11.6. The normalized spacial score (nSPS) is 10.6. The van der Waals surface area contributed by atoms with E-state index in [0.717, 1.165) is 22.9 Å². The summed E-state index contributed by atoms with van der Waals surface area (Å²) in [5.41, 5.74) is 1.26. The first-order valence-corrected chi connectivity index (χ1v) is 6.72. The van der Waals surface area contributed by atoms with E-state index in [4.69, 9.17) is 4.74 Å². The molecule has 0 bridgehead atoms. The van der Waals surface area contributed by atoms with E-state index >= 15 is 0 Å². The average molecular weight is 264 g/mol. The lowest BCUT2D eigenvalue weighted by atomic mass is 10.1. The van der Waals surface area contributed by atoms with Crippen molar-refractivity contribution in [3.8, 4) is 11.5 Å². The first-order valence-electron chi connectivity index (χ1n) is 6.72. The van der Waals surface area contributed by atoms with Gasteiger partial charge >= 0.3 is 0 Å². The highest BCUT2D eigenvalue weighted by Gasteiger charge is 2.05. The standard InChI is InChI=1S/C18H16O2/c19-17-10-11-18(16-9-5-4-8-15(16)17)20-13-12-14-6-2-1-3-7-14/h1-11,19H,12-13H2. The molecule has 2 heteroatoms. The third kappa shape index (κ3) is 2.59. The summed E-state index contributed by atoms with van der Waals surface area (Å²) in [6.45, 7) is 0.624. The van der Waals surface area contributed by atoms with E-state index in [1.165, 1.54) is 5.56 Å². The van der Waals surface area contributed by atoms with Crippen molar-refractivity contribution in [1.82, 2.24) is 0 Å². The number of phenols is 1. The largest absolute Gasteiger partial charge is 0.507 e. The summed E-state index contributed by atoms with van der Waals surface area (Å²) >= 11 is 0. The molecule has 3 rings (SSSR count). The molecule has 0 radical (unpaired) electrons. The molecule has 0 atom stereocenters. The fourth-order valence-corrected chi connectivity index (χ4v) is 2.30. The quantitative estimate of drug-likeness (QED) is 0.766. The Kier molecular flexibility index (Phi) is 3.55. The van der Waals surface area contributed by atoms with E-state index in [9.17, 15) is 5.11 Å². The first kappa shape index (κ1) is 12.5. The topological polar surface area (TPSA) is 29.5 Å². The van der Waals surface area contributed by atoms with E-state index in [1.54, 1.807) is 6.07 Å². The zero-order valence-corrected chi connectivity index (χ0v) is 11.1. The molecule has 1 N–H and O–H groups in total. The van der Waals surface area contributed by atoms with Crippen molar-refractivity contribution < 1.29 is 9.84 Å². The molecule has 0 aliphatic rings. The predicted molar refractivity (Wildman–Crippen MR) is 81.3 cm³/mol. The lowest BCUT2D eigenvalue weighted by Crippen LogP contribution is -2.01. The van der Waals surface area contributed by atoms with Crippen LogP contribution in [0, 0.1) is 0 Å². The van der Waals surface area contributed by atoms with Crippen LogP contribution in [0.4, 0.5) is 0 Å². The molecular formula is C18H16O2.